The first-order chi connectivity index (χ1) is 9.93. The minimum Gasteiger partial charge on any atom is -0.484 e. The summed E-state index contributed by atoms with van der Waals surface area (Å²) in [7, 11) is 3.19. The van der Waals surface area contributed by atoms with Crippen molar-refractivity contribution < 1.29 is 14.3 Å². The van der Waals surface area contributed by atoms with Gasteiger partial charge in [0.25, 0.3) is 5.91 Å². The average molecular weight is 309 g/mol. The van der Waals surface area contributed by atoms with E-state index in [1.165, 1.54) is 4.90 Å². The second-order valence-electron chi connectivity index (χ2n) is 4.42. The van der Waals surface area contributed by atoms with Crippen LogP contribution in [-0.4, -0.2) is 48.9 Å². The fourth-order valence-electron chi connectivity index (χ4n) is 1.49. The molecule has 0 spiro atoms. The van der Waals surface area contributed by atoms with Gasteiger partial charge >= 0.3 is 0 Å². The van der Waals surface area contributed by atoms with Crippen LogP contribution in [-0.2, 0) is 9.59 Å². The van der Waals surface area contributed by atoms with Gasteiger partial charge in [0.1, 0.15) is 10.7 Å². The zero-order valence-corrected chi connectivity index (χ0v) is 12.9. The number of rotatable bonds is 7. The molecule has 0 heterocycles. The molecule has 3 N–H and O–H groups in total. The van der Waals surface area contributed by atoms with Gasteiger partial charge in [-0.05, 0) is 24.3 Å². The third-order valence-corrected chi connectivity index (χ3v) is 3.12. The highest BCUT2D eigenvalue weighted by Crippen LogP contribution is 2.12. The monoisotopic (exact) mass is 309 g/mol. The summed E-state index contributed by atoms with van der Waals surface area (Å²) in [6.07, 6.45) is 0.265. The fraction of sp³-hybridized carbons (Fsp3) is 0.357. The summed E-state index contributed by atoms with van der Waals surface area (Å²) in [6, 6.07) is 6.87. The van der Waals surface area contributed by atoms with Crippen LogP contribution in [0.4, 0.5) is 0 Å². The third-order valence-electron chi connectivity index (χ3n) is 2.88. The van der Waals surface area contributed by atoms with Gasteiger partial charge in [-0.1, -0.05) is 12.2 Å². The molecular formula is C14H19N3O3S. The second kappa shape index (κ2) is 8.21. The summed E-state index contributed by atoms with van der Waals surface area (Å²) in [5, 5.41) is 2.50. The number of ether oxygens (including phenoxy) is 1. The van der Waals surface area contributed by atoms with E-state index in [9.17, 15) is 9.59 Å². The van der Waals surface area contributed by atoms with E-state index in [2.05, 4.69) is 5.32 Å². The predicted molar refractivity (Wildman–Crippen MR) is 84.1 cm³/mol. The van der Waals surface area contributed by atoms with Crippen molar-refractivity contribution in [3.05, 3.63) is 29.8 Å². The second-order valence-corrected chi connectivity index (χ2v) is 4.86. The smallest absolute Gasteiger partial charge is 0.260 e. The Morgan fingerprint density at radius 3 is 2.48 bits per heavy atom. The van der Waals surface area contributed by atoms with E-state index in [0.29, 0.717) is 17.3 Å². The number of benzene rings is 1. The Balaban J connectivity index is 2.41. The van der Waals surface area contributed by atoms with E-state index in [0.717, 1.165) is 5.56 Å². The van der Waals surface area contributed by atoms with Crippen LogP contribution in [0.25, 0.3) is 0 Å². The normalized spacial score (nSPS) is 9.81. The van der Waals surface area contributed by atoms with E-state index in [4.69, 9.17) is 22.7 Å². The van der Waals surface area contributed by atoms with Gasteiger partial charge in [0.15, 0.2) is 6.61 Å². The fourth-order valence-corrected chi connectivity index (χ4v) is 1.63. The van der Waals surface area contributed by atoms with Crippen molar-refractivity contribution in [1.29, 1.82) is 0 Å². The van der Waals surface area contributed by atoms with Crippen LogP contribution in [0.5, 0.6) is 5.75 Å². The largest absolute Gasteiger partial charge is 0.484 e. The van der Waals surface area contributed by atoms with E-state index in [-0.39, 0.29) is 24.8 Å². The molecule has 1 aromatic carbocycles. The lowest BCUT2D eigenvalue weighted by atomic mass is 10.2. The van der Waals surface area contributed by atoms with Gasteiger partial charge in [0.05, 0.1) is 0 Å². The molecule has 114 valence electrons. The zero-order chi connectivity index (χ0) is 15.8. The quantitative estimate of drug-likeness (QED) is 0.707. The summed E-state index contributed by atoms with van der Waals surface area (Å²) in [6.45, 7) is 0.263. The number of nitrogens with zero attached hydrogens (tertiary/aromatic N) is 1. The van der Waals surface area contributed by atoms with Crippen LogP contribution < -0.4 is 15.8 Å². The lowest BCUT2D eigenvalue weighted by Gasteiger charge is -2.17. The molecule has 0 radical (unpaired) electrons. The number of nitrogens with two attached hydrogens (primary N) is 1. The summed E-state index contributed by atoms with van der Waals surface area (Å²) < 4.78 is 5.38. The predicted octanol–water partition coefficient (Wildman–Crippen LogP) is 0.294. The summed E-state index contributed by atoms with van der Waals surface area (Å²) in [5.74, 6) is 0.254. The minimum absolute atomic E-state index is 0.0866. The zero-order valence-electron chi connectivity index (χ0n) is 12.1. The van der Waals surface area contributed by atoms with Gasteiger partial charge in [-0.3, -0.25) is 9.59 Å². The Hall–Kier alpha value is -2.15. The molecule has 7 heteroatoms. The van der Waals surface area contributed by atoms with Crippen molar-refractivity contribution >= 4 is 29.0 Å². The van der Waals surface area contributed by atoms with Gasteiger partial charge < -0.3 is 20.7 Å². The SMILES string of the molecule is CNC(=O)CCN(C)C(=O)COc1ccc(C(N)=S)cc1. The first kappa shape index (κ1) is 16.9. The van der Waals surface area contributed by atoms with Gasteiger partial charge in [-0.15, -0.1) is 0 Å². The maximum absolute atomic E-state index is 11.8. The average Bonchev–Trinajstić information content (AvgIpc) is 2.50. The Kier molecular flexibility index (Phi) is 6.61. The Labute approximate surface area is 129 Å². The Morgan fingerprint density at radius 1 is 1.33 bits per heavy atom. The molecule has 0 saturated carbocycles. The van der Waals surface area contributed by atoms with Gasteiger partial charge in [-0.2, -0.15) is 0 Å². The summed E-state index contributed by atoms with van der Waals surface area (Å²) in [5.41, 5.74) is 6.23. The van der Waals surface area contributed by atoms with Gasteiger partial charge in [0, 0.05) is 32.6 Å². The molecule has 0 aliphatic heterocycles. The highest BCUT2D eigenvalue weighted by Gasteiger charge is 2.11. The summed E-state index contributed by atoms with van der Waals surface area (Å²) >= 11 is 4.85. The molecule has 2 amide bonds. The maximum Gasteiger partial charge on any atom is 0.260 e. The van der Waals surface area contributed by atoms with Crippen LogP contribution in [0.1, 0.15) is 12.0 Å². The minimum atomic E-state index is -0.197. The number of carbonyl (C=O) groups is 2. The molecule has 21 heavy (non-hydrogen) atoms. The molecule has 6 nitrogen and oxygen atoms in total. The molecule has 0 aromatic heterocycles. The molecule has 0 fully saturated rings. The van der Waals surface area contributed by atoms with Gasteiger partial charge in [0.2, 0.25) is 5.91 Å². The van der Waals surface area contributed by atoms with Crippen molar-refractivity contribution in [2.24, 2.45) is 5.73 Å². The number of nitrogens with one attached hydrogen (secondary N) is 1. The van der Waals surface area contributed by atoms with Crippen molar-refractivity contribution in [1.82, 2.24) is 10.2 Å². The van der Waals surface area contributed by atoms with E-state index >= 15 is 0 Å². The first-order valence-corrected chi connectivity index (χ1v) is 6.82. The van der Waals surface area contributed by atoms with Crippen molar-refractivity contribution in [2.45, 2.75) is 6.42 Å². The number of likely N-dealkylation sites (N-methyl/N-ethyl adjacent to an activating group) is 1. The lowest BCUT2D eigenvalue weighted by molar-refractivity contribution is -0.132. The van der Waals surface area contributed by atoms with Crippen molar-refractivity contribution in [2.75, 3.05) is 27.2 Å². The number of amides is 2. The standard InChI is InChI=1S/C14H19N3O3S/c1-16-12(18)7-8-17(2)13(19)9-20-11-5-3-10(4-6-11)14(15)21/h3-6H,7-9H2,1-2H3,(H2,15,21)(H,16,18). The topological polar surface area (TPSA) is 84.7 Å². The molecular weight excluding hydrogens is 290 g/mol. The van der Waals surface area contributed by atoms with Crippen LogP contribution in [0, 0.1) is 0 Å². The number of hydrogen-bond donors (Lipinski definition) is 2. The van der Waals surface area contributed by atoms with Crippen LogP contribution >= 0.6 is 12.2 Å². The molecule has 0 atom stereocenters. The summed E-state index contributed by atoms with van der Waals surface area (Å²) in [4.78, 5) is 24.7. The number of thiocarbonyl (C=S) groups is 1. The van der Waals surface area contributed by atoms with E-state index in [1.807, 2.05) is 0 Å². The maximum atomic E-state index is 11.8. The highest BCUT2D eigenvalue weighted by molar-refractivity contribution is 7.80. The molecule has 0 aliphatic rings. The highest BCUT2D eigenvalue weighted by atomic mass is 32.1. The molecule has 1 rings (SSSR count). The molecule has 0 bridgehead atoms. The first-order valence-electron chi connectivity index (χ1n) is 6.41. The van der Waals surface area contributed by atoms with Crippen LogP contribution in [0.3, 0.4) is 0 Å². The van der Waals surface area contributed by atoms with Crippen LogP contribution in [0.2, 0.25) is 0 Å². The molecule has 0 saturated heterocycles. The molecule has 1 aromatic rings. The van der Waals surface area contributed by atoms with E-state index < -0.39 is 0 Å². The Morgan fingerprint density at radius 2 is 1.95 bits per heavy atom. The van der Waals surface area contributed by atoms with Gasteiger partial charge in [-0.25, -0.2) is 0 Å². The molecule has 0 unspecified atom stereocenters. The Bertz CT molecular complexity index is 517. The number of carbonyl (C=O) groups excluding carboxylic acids is 2. The van der Waals surface area contributed by atoms with Crippen molar-refractivity contribution in [3.8, 4) is 5.75 Å². The third kappa shape index (κ3) is 5.78. The molecule has 0 aliphatic carbocycles. The van der Waals surface area contributed by atoms with Crippen LogP contribution in [0.15, 0.2) is 24.3 Å². The van der Waals surface area contributed by atoms with E-state index in [1.54, 1.807) is 38.4 Å². The van der Waals surface area contributed by atoms with Crippen molar-refractivity contribution in [3.63, 3.8) is 0 Å². The lowest BCUT2D eigenvalue weighted by Crippen LogP contribution is -2.34. The number of hydrogen-bond acceptors (Lipinski definition) is 4.